The van der Waals surface area contributed by atoms with Crippen molar-refractivity contribution >= 4 is 22.9 Å². The Hall–Kier alpha value is -1.81. The quantitative estimate of drug-likeness (QED) is 0.876. The molecular formula is C17H20N2OS. The Morgan fingerprint density at radius 2 is 2.33 bits per heavy atom. The number of carbonyl (C=O) groups is 1. The van der Waals surface area contributed by atoms with E-state index in [1.54, 1.807) is 11.3 Å². The molecule has 3 rings (SSSR count). The first-order chi connectivity index (χ1) is 10.3. The zero-order chi connectivity index (χ0) is 14.7. The number of nitrogens with one attached hydrogen (secondary N) is 2. The number of benzene rings is 1. The molecule has 1 unspecified atom stereocenters. The normalized spacial score (nSPS) is 14.3. The molecule has 0 saturated heterocycles. The molecule has 0 fully saturated rings. The zero-order valence-corrected chi connectivity index (χ0v) is 13.0. The standard InChI is InChI=1S/C17H20N2OS/c1-2-4-15(16-5-3-10-21-16)19-17(20)13-6-7-14-12(11-13)8-9-18-14/h3,5-7,10-11,15,18H,2,4,8-9H2,1H3,(H,19,20). The van der Waals surface area contributed by atoms with Gasteiger partial charge in [-0.15, -0.1) is 11.3 Å². The van der Waals surface area contributed by atoms with E-state index in [-0.39, 0.29) is 11.9 Å². The molecule has 1 aromatic carbocycles. The third-order valence-corrected chi connectivity index (χ3v) is 4.83. The number of hydrogen-bond acceptors (Lipinski definition) is 3. The molecule has 0 saturated carbocycles. The molecule has 0 spiro atoms. The van der Waals surface area contributed by atoms with Gasteiger partial charge in [0.15, 0.2) is 0 Å². The predicted molar refractivity (Wildman–Crippen MR) is 88.1 cm³/mol. The lowest BCUT2D eigenvalue weighted by Gasteiger charge is -2.17. The lowest BCUT2D eigenvalue weighted by molar-refractivity contribution is 0.0935. The fourth-order valence-electron chi connectivity index (χ4n) is 2.75. The second kappa shape index (κ2) is 6.31. The van der Waals surface area contributed by atoms with Crippen molar-refractivity contribution in [1.29, 1.82) is 0 Å². The largest absolute Gasteiger partial charge is 0.384 e. The molecule has 2 heterocycles. The molecule has 1 aliphatic heterocycles. The molecule has 21 heavy (non-hydrogen) atoms. The highest BCUT2D eigenvalue weighted by Gasteiger charge is 2.18. The van der Waals surface area contributed by atoms with Gasteiger partial charge in [-0.2, -0.15) is 0 Å². The van der Waals surface area contributed by atoms with Crippen molar-refractivity contribution in [2.24, 2.45) is 0 Å². The molecule has 1 atom stereocenters. The van der Waals surface area contributed by atoms with Crippen LogP contribution in [0.1, 0.15) is 46.6 Å². The SMILES string of the molecule is CCCC(NC(=O)c1ccc2c(c1)CCN2)c1cccs1. The number of hydrogen-bond donors (Lipinski definition) is 2. The molecule has 4 heteroatoms. The Morgan fingerprint density at radius 3 is 3.10 bits per heavy atom. The summed E-state index contributed by atoms with van der Waals surface area (Å²) in [6.07, 6.45) is 3.02. The molecule has 1 amide bonds. The molecule has 1 aromatic heterocycles. The van der Waals surface area contributed by atoms with Crippen LogP contribution in [0.4, 0.5) is 5.69 Å². The lowest BCUT2D eigenvalue weighted by Crippen LogP contribution is -2.28. The summed E-state index contributed by atoms with van der Waals surface area (Å²) >= 11 is 1.70. The van der Waals surface area contributed by atoms with Crippen molar-refractivity contribution < 1.29 is 4.79 Å². The number of anilines is 1. The molecule has 1 aliphatic rings. The minimum atomic E-state index is 0.0246. The predicted octanol–water partition coefficient (Wildman–Crippen LogP) is 3.99. The Labute approximate surface area is 129 Å². The van der Waals surface area contributed by atoms with E-state index in [9.17, 15) is 4.79 Å². The van der Waals surface area contributed by atoms with E-state index in [1.807, 2.05) is 24.3 Å². The fourth-order valence-corrected chi connectivity index (χ4v) is 3.56. The topological polar surface area (TPSA) is 41.1 Å². The van der Waals surface area contributed by atoms with Gasteiger partial charge in [-0.3, -0.25) is 4.79 Å². The molecule has 0 aliphatic carbocycles. The number of fused-ring (bicyclic) bond motifs is 1. The molecule has 0 radical (unpaired) electrons. The van der Waals surface area contributed by atoms with Crippen LogP contribution in [-0.2, 0) is 6.42 Å². The third-order valence-electron chi connectivity index (χ3n) is 3.85. The summed E-state index contributed by atoms with van der Waals surface area (Å²) in [7, 11) is 0. The van der Waals surface area contributed by atoms with Gasteiger partial charge in [0.25, 0.3) is 5.91 Å². The van der Waals surface area contributed by atoms with E-state index < -0.39 is 0 Å². The van der Waals surface area contributed by atoms with Gasteiger partial charge in [-0.25, -0.2) is 0 Å². The van der Waals surface area contributed by atoms with E-state index in [0.29, 0.717) is 0 Å². The smallest absolute Gasteiger partial charge is 0.251 e. The first-order valence-electron chi connectivity index (χ1n) is 7.49. The first-order valence-corrected chi connectivity index (χ1v) is 8.37. The zero-order valence-electron chi connectivity index (χ0n) is 12.2. The number of amides is 1. The Balaban J connectivity index is 1.75. The van der Waals surface area contributed by atoms with Crippen molar-refractivity contribution in [3.05, 3.63) is 51.7 Å². The fraction of sp³-hybridized carbons (Fsp3) is 0.353. The van der Waals surface area contributed by atoms with Crippen molar-refractivity contribution in [2.75, 3.05) is 11.9 Å². The summed E-state index contributed by atoms with van der Waals surface area (Å²) < 4.78 is 0. The van der Waals surface area contributed by atoms with Crippen molar-refractivity contribution in [3.8, 4) is 0 Å². The molecule has 3 nitrogen and oxygen atoms in total. The van der Waals surface area contributed by atoms with Crippen LogP contribution < -0.4 is 10.6 Å². The second-order valence-corrected chi connectivity index (χ2v) is 6.36. The molecule has 110 valence electrons. The summed E-state index contributed by atoms with van der Waals surface area (Å²) in [5.74, 6) is 0.0246. The van der Waals surface area contributed by atoms with Gasteiger partial charge in [0, 0.05) is 22.7 Å². The maximum Gasteiger partial charge on any atom is 0.251 e. The minimum absolute atomic E-state index is 0.0246. The lowest BCUT2D eigenvalue weighted by atomic mass is 10.1. The van der Waals surface area contributed by atoms with Crippen LogP contribution in [0.25, 0.3) is 0 Å². The Morgan fingerprint density at radius 1 is 1.43 bits per heavy atom. The van der Waals surface area contributed by atoms with E-state index in [4.69, 9.17) is 0 Å². The van der Waals surface area contributed by atoms with Crippen molar-refractivity contribution in [1.82, 2.24) is 5.32 Å². The maximum atomic E-state index is 12.5. The molecule has 2 N–H and O–H groups in total. The summed E-state index contributed by atoms with van der Waals surface area (Å²) in [5.41, 5.74) is 3.16. The van der Waals surface area contributed by atoms with E-state index in [0.717, 1.165) is 37.1 Å². The third kappa shape index (κ3) is 3.10. The number of carbonyl (C=O) groups excluding carboxylic acids is 1. The molecular weight excluding hydrogens is 280 g/mol. The van der Waals surface area contributed by atoms with E-state index in [2.05, 4.69) is 29.0 Å². The average molecular weight is 300 g/mol. The second-order valence-electron chi connectivity index (χ2n) is 5.38. The highest BCUT2D eigenvalue weighted by atomic mass is 32.1. The summed E-state index contributed by atoms with van der Waals surface area (Å²) in [5, 5.41) is 8.56. The van der Waals surface area contributed by atoms with Crippen LogP contribution in [0.2, 0.25) is 0 Å². The van der Waals surface area contributed by atoms with Crippen LogP contribution in [0.5, 0.6) is 0 Å². The summed E-state index contributed by atoms with van der Waals surface area (Å²) in [6, 6.07) is 10.2. The van der Waals surface area contributed by atoms with Gasteiger partial charge < -0.3 is 10.6 Å². The van der Waals surface area contributed by atoms with Gasteiger partial charge in [0.05, 0.1) is 6.04 Å². The Kier molecular flexibility index (Phi) is 4.25. The Bertz CT molecular complexity index is 622. The number of thiophene rings is 1. The highest BCUT2D eigenvalue weighted by Crippen LogP contribution is 2.25. The van der Waals surface area contributed by atoms with E-state index >= 15 is 0 Å². The summed E-state index contributed by atoms with van der Waals surface area (Å²) in [4.78, 5) is 13.7. The summed E-state index contributed by atoms with van der Waals surface area (Å²) in [6.45, 7) is 3.11. The average Bonchev–Trinajstić information content (AvgIpc) is 3.17. The van der Waals surface area contributed by atoms with Crippen molar-refractivity contribution in [3.63, 3.8) is 0 Å². The minimum Gasteiger partial charge on any atom is -0.384 e. The monoisotopic (exact) mass is 300 g/mol. The van der Waals surface area contributed by atoms with Crippen molar-refractivity contribution in [2.45, 2.75) is 32.2 Å². The molecule has 0 bridgehead atoms. The van der Waals surface area contributed by atoms with Crippen LogP contribution in [0.15, 0.2) is 35.7 Å². The van der Waals surface area contributed by atoms with E-state index in [1.165, 1.54) is 10.4 Å². The van der Waals surface area contributed by atoms with Crippen LogP contribution in [-0.4, -0.2) is 12.5 Å². The van der Waals surface area contributed by atoms with Crippen LogP contribution >= 0.6 is 11.3 Å². The highest BCUT2D eigenvalue weighted by molar-refractivity contribution is 7.10. The van der Waals surface area contributed by atoms with Gasteiger partial charge in [0.2, 0.25) is 0 Å². The molecule has 2 aromatic rings. The van der Waals surface area contributed by atoms with Gasteiger partial charge in [-0.1, -0.05) is 19.4 Å². The van der Waals surface area contributed by atoms with Gasteiger partial charge in [0.1, 0.15) is 0 Å². The maximum absolute atomic E-state index is 12.5. The van der Waals surface area contributed by atoms with Gasteiger partial charge >= 0.3 is 0 Å². The first kappa shape index (κ1) is 14.1. The van der Waals surface area contributed by atoms with Crippen LogP contribution in [0.3, 0.4) is 0 Å². The number of rotatable bonds is 5. The van der Waals surface area contributed by atoms with Crippen LogP contribution in [0, 0.1) is 0 Å². The van der Waals surface area contributed by atoms with Gasteiger partial charge in [-0.05, 0) is 48.1 Å².